The van der Waals surface area contributed by atoms with Gasteiger partial charge in [-0.3, -0.25) is 0 Å². The first kappa shape index (κ1) is 13.0. The fourth-order valence-electron chi connectivity index (χ4n) is 2.60. The van der Waals surface area contributed by atoms with Crippen molar-refractivity contribution in [1.82, 2.24) is 4.90 Å². The van der Waals surface area contributed by atoms with Gasteiger partial charge in [0.15, 0.2) is 0 Å². The SMILES string of the molecule is CN(CCCCCN)CC1CCCCC1. The van der Waals surface area contributed by atoms with Gasteiger partial charge >= 0.3 is 0 Å². The zero-order valence-electron chi connectivity index (χ0n) is 10.4. The molecule has 1 rings (SSSR count). The van der Waals surface area contributed by atoms with E-state index in [1.165, 1.54) is 64.5 Å². The minimum atomic E-state index is 0.854. The Balaban J connectivity index is 1.98. The van der Waals surface area contributed by atoms with Crippen molar-refractivity contribution < 1.29 is 0 Å². The zero-order valence-corrected chi connectivity index (χ0v) is 10.4. The van der Waals surface area contributed by atoms with Crippen molar-refractivity contribution in [3.8, 4) is 0 Å². The van der Waals surface area contributed by atoms with Gasteiger partial charge in [0.05, 0.1) is 0 Å². The maximum Gasteiger partial charge on any atom is 0.000661 e. The molecule has 90 valence electrons. The predicted octanol–water partition coefficient (Wildman–Crippen LogP) is 2.63. The number of hydrogen-bond acceptors (Lipinski definition) is 2. The third-order valence-corrected chi connectivity index (χ3v) is 3.54. The summed E-state index contributed by atoms with van der Waals surface area (Å²) in [6, 6.07) is 0. The van der Waals surface area contributed by atoms with Crippen LogP contribution in [0.2, 0.25) is 0 Å². The number of rotatable bonds is 7. The van der Waals surface area contributed by atoms with Gasteiger partial charge in [0.25, 0.3) is 0 Å². The lowest BCUT2D eigenvalue weighted by molar-refractivity contribution is 0.230. The summed E-state index contributed by atoms with van der Waals surface area (Å²) in [6.07, 6.45) is 11.1. The summed E-state index contributed by atoms with van der Waals surface area (Å²) in [4.78, 5) is 2.52. The molecule has 1 fully saturated rings. The molecule has 15 heavy (non-hydrogen) atoms. The van der Waals surface area contributed by atoms with Gasteiger partial charge in [-0.1, -0.05) is 25.7 Å². The van der Waals surface area contributed by atoms with Crippen LogP contribution >= 0.6 is 0 Å². The lowest BCUT2D eigenvalue weighted by Crippen LogP contribution is -2.28. The Kier molecular flexibility index (Phi) is 7.03. The zero-order chi connectivity index (χ0) is 10.9. The lowest BCUT2D eigenvalue weighted by atomic mass is 9.89. The highest BCUT2D eigenvalue weighted by atomic mass is 15.1. The normalized spacial score (nSPS) is 18.6. The van der Waals surface area contributed by atoms with Gasteiger partial charge in [0, 0.05) is 6.54 Å². The lowest BCUT2D eigenvalue weighted by Gasteiger charge is -2.26. The summed E-state index contributed by atoms with van der Waals surface area (Å²) in [5, 5.41) is 0. The molecule has 2 heteroatoms. The largest absolute Gasteiger partial charge is 0.330 e. The van der Waals surface area contributed by atoms with E-state index in [1.54, 1.807) is 0 Å². The van der Waals surface area contributed by atoms with Gasteiger partial charge in [0.1, 0.15) is 0 Å². The van der Waals surface area contributed by atoms with E-state index in [-0.39, 0.29) is 0 Å². The summed E-state index contributed by atoms with van der Waals surface area (Å²) in [5.41, 5.74) is 5.48. The standard InChI is InChI=1S/C13H28N2/c1-15(11-7-3-6-10-14)12-13-8-4-2-5-9-13/h13H,2-12,14H2,1H3. The van der Waals surface area contributed by atoms with E-state index < -0.39 is 0 Å². The molecule has 0 aromatic rings. The maximum absolute atomic E-state index is 5.48. The van der Waals surface area contributed by atoms with Gasteiger partial charge in [0.2, 0.25) is 0 Å². The molecule has 1 aliphatic rings. The number of nitrogens with two attached hydrogens (primary N) is 1. The van der Waals surface area contributed by atoms with Crippen molar-refractivity contribution in [3.05, 3.63) is 0 Å². The Morgan fingerprint density at radius 2 is 1.80 bits per heavy atom. The molecule has 0 bridgehead atoms. The van der Waals surface area contributed by atoms with E-state index in [2.05, 4.69) is 11.9 Å². The van der Waals surface area contributed by atoms with Crippen molar-refractivity contribution in [2.24, 2.45) is 11.7 Å². The van der Waals surface area contributed by atoms with E-state index in [0.717, 1.165) is 12.5 Å². The first-order valence-corrected chi connectivity index (χ1v) is 6.71. The van der Waals surface area contributed by atoms with Crippen LogP contribution in [0.15, 0.2) is 0 Å². The second-order valence-electron chi connectivity index (χ2n) is 5.12. The molecule has 2 N–H and O–H groups in total. The molecule has 1 aliphatic carbocycles. The van der Waals surface area contributed by atoms with Crippen molar-refractivity contribution in [1.29, 1.82) is 0 Å². The molecule has 0 unspecified atom stereocenters. The number of nitrogens with zero attached hydrogens (tertiary/aromatic N) is 1. The monoisotopic (exact) mass is 212 g/mol. The van der Waals surface area contributed by atoms with Crippen molar-refractivity contribution in [2.45, 2.75) is 51.4 Å². The first-order valence-electron chi connectivity index (χ1n) is 6.71. The van der Waals surface area contributed by atoms with Gasteiger partial charge in [-0.25, -0.2) is 0 Å². The van der Waals surface area contributed by atoms with Gasteiger partial charge < -0.3 is 10.6 Å². The van der Waals surface area contributed by atoms with Crippen LogP contribution in [0.4, 0.5) is 0 Å². The van der Waals surface area contributed by atoms with Crippen LogP contribution < -0.4 is 5.73 Å². The summed E-state index contributed by atoms with van der Waals surface area (Å²) in [5.74, 6) is 0.984. The van der Waals surface area contributed by atoms with E-state index >= 15 is 0 Å². The molecule has 0 saturated heterocycles. The van der Waals surface area contributed by atoms with E-state index in [1.807, 2.05) is 0 Å². The smallest absolute Gasteiger partial charge is 0.000661 e. The Bertz CT molecular complexity index is 141. The first-order chi connectivity index (χ1) is 7.33. The predicted molar refractivity (Wildman–Crippen MR) is 67.0 cm³/mol. The molecular formula is C13H28N2. The van der Waals surface area contributed by atoms with Crippen molar-refractivity contribution >= 4 is 0 Å². The third-order valence-electron chi connectivity index (χ3n) is 3.54. The molecule has 0 amide bonds. The molecule has 0 aromatic heterocycles. The molecular weight excluding hydrogens is 184 g/mol. The minimum absolute atomic E-state index is 0.854. The quantitative estimate of drug-likeness (QED) is 0.657. The van der Waals surface area contributed by atoms with Crippen LogP contribution in [-0.4, -0.2) is 31.6 Å². The van der Waals surface area contributed by atoms with Gasteiger partial charge in [-0.05, 0) is 51.7 Å². The van der Waals surface area contributed by atoms with Gasteiger partial charge in [-0.15, -0.1) is 0 Å². The highest BCUT2D eigenvalue weighted by Gasteiger charge is 2.14. The molecule has 0 atom stereocenters. The molecule has 1 saturated carbocycles. The highest BCUT2D eigenvalue weighted by molar-refractivity contribution is 4.68. The Hall–Kier alpha value is -0.0800. The molecule has 0 spiro atoms. The molecule has 0 aliphatic heterocycles. The van der Waals surface area contributed by atoms with Crippen LogP contribution in [0.5, 0.6) is 0 Å². The summed E-state index contributed by atoms with van der Waals surface area (Å²) in [7, 11) is 2.27. The molecule has 2 nitrogen and oxygen atoms in total. The third kappa shape index (κ3) is 6.16. The van der Waals surface area contributed by atoms with E-state index in [9.17, 15) is 0 Å². The fraction of sp³-hybridized carbons (Fsp3) is 1.00. The van der Waals surface area contributed by atoms with E-state index in [4.69, 9.17) is 5.73 Å². The second kappa shape index (κ2) is 8.12. The Morgan fingerprint density at radius 3 is 2.47 bits per heavy atom. The van der Waals surface area contributed by atoms with Gasteiger partial charge in [-0.2, -0.15) is 0 Å². The summed E-state index contributed by atoms with van der Waals surface area (Å²) in [6.45, 7) is 3.44. The molecule has 0 heterocycles. The Morgan fingerprint density at radius 1 is 1.07 bits per heavy atom. The van der Waals surface area contributed by atoms with Crippen LogP contribution in [-0.2, 0) is 0 Å². The average Bonchev–Trinajstić information content (AvgIpc) is 2.26. The number of hydrogen-bond donors (Lipinski definition) is 1. The summed E-state index contributed by atoms with van der Waals surface area (Å²) < 4.78 is 0. The molecule has 0 aromatic carbocycles. The average molecular weight is 212 g/mol. The van der Waals surface area contributed by atoms with Crippen molar-refractivity contribution in [2.75, 3.05) is 26.7 Å². The second-order valence-corrected chi connectivity index (χ2v) is 5.12. The molecule has 0 radical (unpaired) electrons. The fourth-order valence-corrected chi connectivity index (χ4v) is 2.60. The van der Waals surface area contributed by atoms with Crippen LogP contribution in [0, 0.1) is 5.92 Å². The van der Waals surface area contributed by atoms with Crippen LogP contribution in [0.1, 0.15) is 51.4 Å². The van der Waals surface area contributed by atoms with Crippen molar-refractivity contribution in [3.63, 3.8) is 0 Å². The van der Waals surface area contributed by atoms with Crippen LogP contribution in [0.25, 0.3) is 0 Å². The van der Waals surface area contributed by atoms with E-state index in [0.29, 0.717) is 0 Å². The minimum Gasteiger partial charge on any atom is -0.330 e. The topological polar surface area (TPSA) is 29.3 Å². The van der Waals surface area contributed by atoms with Crippen LogP contribution in [0.3, 0.4) is 0 Å². The highest BCUT2D eigenvalue weighted by Crippen LogP contribution is 2.24. The maximum atomic E-state index is 5.48. The summed E-state index contributed by atoms with van der Waals surface area (Å²) >= 11 is 0. The Labute approximate surface area is 95.2 Å². The number of unbranched alkanes of at least 4 members (excludes halogenated alkanes) is 2.